The van der Waals surface area contributed by atoms with Gasteiger partial charge in [0.25, 0.3) is 0 Å². The average molecular weight is 165 g/mol. The summed E-state index contributed by atoms with van der Waals surface area (Å²) in [6.45, 7) is 8.07. The third-order valence-corrected chi connectivity index (χ3v) is 2.56. The zero-order valence-corrected chi connectivity index (χ0v) is 7.87. The molecule has 1 radical (unpaired) electrons. The minimum Gasteiger partial charge on any atom is -0.126 e. The van der Waals surface area contributed by atoms with Crippen LogP contribution in [0, 0.1) is 20.8 Å². The van der Waals surface area contributed by atoms with Crippen LogP contribution < -0.4 is 0 Å². The lowest BCUT2D eigenvalue weighted by Gasteiger charge is -2.03. The van der Waals surface area contributed by atoms with Crippen molar-refractivity contribution in [2.24, 2.45) is 0 Å². The second-order valence-electron chi connectivity index (χ2n) is 2.62. The Hall–Kier alpha value is -0.430. The van der Waals surface area contributed by atoms with Gasteiger partial charge in [0.05, 0.1) is 0 Å². The van der Waals surface area contributed by atoms with Crippen LogP contribution >= 0.6 is 11.8 Å². The Morgan fingerprint density at radius 2 is 2.09 bits per heavy atom. The van der Waals surface area contributed by atoms with E-state index in [1.165, 1.54) is 16.0 Å². The Balaban J connectivity index is 2.90. The second-order valence-corrected chi connectivity index (χ2v) is 3.75. The van der Waals surface area contributed by atoms with Crippen LogP contribution in [0.15, 0.2) is 23.1 Å². The van der Waals surface area contributed by atoms with E-state index in [2.05, 4.69) is 39.0 Å². The summed E-state index contributed by atoms with van der Waals surface area (Å²) in [6, 6.07) is 6.52. The molecule has 0 fully saturated rings. The summed E-state index contributed by atoms with van der Waals surface area (Å²) in [7, 11) is 0. The van der Waals surface area contributed by atoms with E-state index < -0.39 is 0 Å². The summed E-state index contributed by atoms with van der Waals surface area (Å²) in [4.78, 5) is 1.35. The molecular formula is C10H13S. The van der Waals surface area contributed by atoms with Crippen LogP contribution in [0.25, 0.3) is 0 Å². The number of benzene rings is 1. The number of rotatable bonds is 2. The van der Waals surface area contributed by atoms with E-state index in [0.29, 0.717) is 0 Å². The Labute approximate surface area is 73.0 Å². The first-order valence-electron chi connectivity index (χ1n) is 3.73. The molecular weight excluding hydrogens is 152 g/mol. The van der Waals surface area contributed by atoms with Crippen LogP contribution in [0.1, 0.15) is 11.1 Å². The highest BCUT2D eigenvalue weighted by Crippen LogP contribution is 2.22. The maximum Gasteiger partial charge on any atom is 0.0101 e. The molecule has 0 amide bonds. The summed E-state index contributed by atoms with van der Waals surface area (Å²) < 4.78 is 0. The maximum absolute atomic E-state index is 3.81. The summed E-state index contributed by atoms with van der Waals surface area (Å²) in [5, 5.41) is 0. The molecule has 0 heterocycles. The molecule has 0 nitrogen and oxygen atoms in total. The van der Waals surface area contributed by atoms with E-state index >= 15 is 0 Å². The summed E-state index contributed by atoms with van der Waals surface area (Å²) in [5.41, 5.74) is 2.69. The fourth-order valence-corrected chi connectivity index (χ4v) is 1.74. The van der Waals surface area contributed by atoms with Crippen molar-refractivity contribution in [3.63, 3.8) is 0 Å². The van der Waals surface area contributed by atoms with Crippen LogP contribution in [0.5, 0.6) is 0 Å². The van der Waals surface area contributed by atoms with Gasteiger partial charge in [-0.1, -0.05) is 17.7 Å². The number of aryl methyl sites for hydroxylation is 2. The van der Waals surface area contributed by atoms with Gasteiger partial charge in [0.1, 0.15) is 0 Å². The molecule has 0 aromatic heterocycles. The van der Waals surface area contributed by atoms with Gasteiger partial charge in [-0.05, 0) is 38.2 Å². The number of hydrogen-bond donors (Lipinski definition) is 0. The molecule has 0 saturated heterocycles. The Morgan fingerprint density at radius 3 is 2.64 bits per heavy atom. The van der Waals surface area contributed by atoms with Crippen LogP contribution in [-0.2, 0) is 0 Å². The van der Waals surface area contributed by atoms with Gasteiger partial charge >= 0.3 is 0 Å². The molecule has 1 heteroatoms. The molecule has 1 rings (SSSR count). The zero-order valence-electron chi connectivity index (χ0n) is 7.05. The van der Waals surface area contributed by atoms with Gasteiger partial charge in [-0.15, -0.1) is 11.8 Å². The highest BCUT2D eigenvalue weighted by atomic mass is 32.2. The van der Waals surface area contributed by atoms with Crippen molar-refractivity contribution < 1.29 is 0 Å². The van der Waals surface area contributed by atoms with E-state index in [0.717, 1.165) is 5.75 Å². The van der Waals surface area contributed by atoms with Gasteiger partial charge in [-0.25, -0.2) is 0 Å². The van der Waals surface area contributed by atoms with Gasteiger partial charge in [-0.3, -0.25) is 0 Å². The van der Waals surface area contributed by atoms with Gasteiger partial charge in [0, 0.05) is 4.90 Å². The van der Waals surface area contributed by atoms with E-state index in [-0.39, 0.29) is 0 Å². The predicted molar refractivity (Wildman–Crippen MR) is 52.0 cm³/mol. The fourth-order valence-electron chi connectivity index (χ4n) is 1.07. The van der Waals surface area contributed by atoms with Gasteiger partial charge < -0.3 is 0 Å². The summed E-state index contributed by atoms with van der Waals surface area (Å²) >= 11 is 1.80. The average Bonchev–Trinajstić information content (AvgIpc) is 1.95. The molecule has 0 unspecified atom stereocenters. The Bertz CT molecular complexity index is 241. The number of thioether (sulfide) groups is 1. The highest BCUT2D eigenvalue weighted by Gasteiger charge is 1.96. The van der Waals surface area contributed by atoms with E-state index in [9.17, 15) is 0 Å². The molecule has 0 N–H and O–H groups in total. The first-order valence-corrected chi connectivity index (χ1v) is 4.72. The quantitative estimate of drug-likeness (QED) is 0.606. The smallest absolute Gasteiger partial charge is 0.0101 e. The number of hydrogen-bond acceptors (Lipinski definition) is 1. The van der Waals surface area contributed by atoms with E-state index in [1.54, 1.807) is 11.8 Å². The van der Waals surface area contributed by atoms with Crippen LogP contribution in [-0.4, -0.2) is 5.75 Å². The molecule has 0 atom stereocenters. The van der Waals surface area contributed by atoms with E-state index in [1.807, 2.05) is 0 Å². The van der Waals surface area contributed by atoms with Gasteiger partial charge in [0.15, 0.2) is 0 Å². The summed E-state index contributed by atoms with van der Waals surface area (Å²) in [6.07, 6.45) is 0. The molecule has 11 heavy (non-hydrogen) atoms. The van der Waals surface area contributed by atoms with Crippen molar-refractivity contribution in [1.29, 1.82) is 0 Å². The lowest BCUT2D eigenvalue weighted by molar-refractivity contribution is 1.26. The fraction of sp³-hybridized carbons (Fsp3) is 0.300. The maximum atomic E-state index is 3.81. The third-order valence-electron chi connectivity index (χ3n) is 1.59. The minimum absolute atomic E-state index is 0.907. The molecule has 59 valence electrons. The molecule has 0 aliphatic rings. The molecule has 0 bridgehead atoms. The zero-order chi connectivity index (χ0) is 8.27. The lowest BCUT2D eigenvalue weighted by atomic mass is 10.2. The monoisotopic (exact) mass is 165 g/mol. The van der Waals surface area contributed by atoms with Crippen LogP contribution in [0.3, 0.4) is 0 Å². The lowest BCUT2D eigenvalue weighted by Crippen LogP contribution is -1.81. The second kappa shape index (κ2) is 3.82. The molecule has 0 aliphatic heterocycles. The first kappa shape index (κ1) is 8.66. The van der Waals surface area contributed by atoms with Crippen LogP contribution in [0.4, 0.5) is 0 Å². The Kier molecular flexibility index (Phi) is 3.01. The predicted octanol–water partition coefficient (Wildman–Crippen LogP) is 3.23. The standard InChI is InChI=1S/C10H13S/c1-4-11-10-6-5-8(2)7-9(10)3/h5-7H,1,4H2,2-3H3. The van der Waals surface area contributed by atoms with Gasteiger partial charge in [-0.2, -0.15) is 0 Å². The largest absolute Gasteiger partial charge is 0.126 e. The molecule has 0 spiro atoms. The first-order chi connectivity index (χ1) is 5.24. The third kappa shape index (κ3) is 2.26. The van der Waals surface area contributed by atoms with Crippen molar-refractivity contribution in [2.45, 2.75) is 18.7 Å². The van der Waals surface area contributed by atoms with Crippen LogP contribution in [0.2, 0.25) is 0 Å². The molecule has 1 aromatic carbocycles. The normalized spacial score (nSPS) is 10.1. The van der Waals surface area contributed by atoms with Crippen molar-refractivity contribution >= 4 is 11.8 Å². The molecule has 0 aliphatic carbocycles. The minimum atomic E-state index is 0.907. The Morgan fingerprint density at radius 1 is 1.36 bits per heavy atom. The SMILES string of the molecule is [CH2]CSc1ccc(C)cc1C. The van der Waals surface area contributed by atoms with Gasteiger partial charge in [0.2, 0.25) is 0 Å². The summed E-state index contributed by atoms with van der Waals surface area (Å²) in [5.74, 6) is 0.907. The molecule has 1 aromatic rings. The molecule has 0 saturated carbocycles. The van der Waals surface area contributed by atoms with Crippen molar-refractivity contribution in [3.8, 4) is 0 Å². The highest BCUT2D eigenvalue weighted by molar-refractivity contribution is 7.99. The van der Waals surface area contributed by atoms with Crippen molar-refractivity contribution in [1.82, 2.24) is 0 Å². The van der Waals surface area contributed by atoms with Crippen molar-refractivity contribution in [3.05, 3.63) is 36.2 Å². The van der Waals surface area contributed by atoms with Crippen molar-refractivity contribution in [2.75, 3.05) is 5.75 Å². The van der Waals surface area contributed by atoms with E-state index in [4.69, 9.17) is 0 Å². The topological polar surface area (TPSA) is 0 Å².